The van der Waals surface area contributed by atoms with Crippen molar-refractivity contribution in [2.24, 2.45) is 11.7 Å². The summed E-state index contributed by atoms with van der Waals surface area (Å²) in [6.45, 7) is 1.99. The number of halogens is 1. The van der Waals surface area contributed by atoms with Crippen LogP contribution >= 0.6 is 0 Å². The van der Waals surface area contributed by atoms with E-state index < -0.39 is 0 Å². The first-order valence-electron chi connectivity index (χ1n) is 7.62. The second-order valence-corrected chi connectivity index (χ2v) is 6.04. The van der Waals surface area contributed by atoms with Gasteiger partial charge in [-0.25, -0.2) is 9.37 Å². The molecule has 2 aromatic heterocycles. The molecule has 2 aliphatic rings. The van der Waals surface area contributed by atoms with Crippen LogP contribution in [-0.2, 0) is 0 Å². The van der Waals surface area contributed by atoms with Gasteiger partial charge in [-0.05, 0) is 37.6 Å². The molecule has 3 N–H and O–H groups in total. The predicted octanol–water partition coefficient (Wildman–Crippen LogP) is 2.61. The second kappa shape index (κ2) is 5.15. The topological polar surface area (TPSA) is 58.6 Å². The predicted molar refractivity (Wildman–Crippen MR) is 86.1 cm³/mol. The quantitative estimate of drug-likeness (QED) is 0.915. The maximum absolute atomic E-state index is 13.7. The molecular weight excluding hydrogens is 293 g/mol. The van der Waals surface area contributed by atoms with Crippen molar-refractivity contribution in [1.82, 2.24) is 19.8 Å². The molecule has 0 bridgehead atoms. The lowest BCUT2D eigenvalue weighted by Gasteiger charge is -2.22. The van der Waals surface area contributed by atoms with Crippen molar-refractivity contribution in [3.8, 4) is 0 Å². The Balaban J connectivity index is 1.51. The van der Waals surface area contributed by atoms with Crippen molar-refractivity contribution in [1.29, 1.82) is 0 Å². The number of fused-ring (bicyclic) bond motifs is 1. The first-order valence-corrected chi connectivity index (χ1v) is 7.62. The summed E-state index contributed by atoms with van der Waals surface area (Å²) < 4.78 is 15.5. The number of hydrazine groups is 1. The molecule has 1 saturated carbocycles. The number of nitrogens with zero attached hydrogens (tertiary/aromatic N) is 3. The van der Waals surface area contributed by atoms with E-state index in [4.69, 9.17) is 5.73 Å². The van der Waals surface area contributed by atoms with Gasteiger partial charge in [0.1, 0.15) is 0 Å². The minimum Gasteiger partial charge on any atom is -0.401 e. The number of hydrogen-bond acceptors (Lipinski definition) is 4. The van der Waals surface area contributed by atoms with E-state index in [1.54, 1.807) is 10.5 Å². The van der Waals surface area contributed by atoms with Crippen LogP contribution in [0, 0.1) is 11.7 Å². The number of nitrogens with one attached hydrogen (secondary N) is 1. The van der Waals surface area contributed by atoms with E-state index in [2.05, 4.69) is 10.4 Å². The monoisotopic (exact) mass is 311 g/mol. The van der Waals surface area contributed by atoms with Gasteiger partial charge < -0.3 is 10.1 Å². The van der Waals surface area contributed by atoms with Crippen molar-refractivity contribution in [2.45, 2.75) is 19.3 Å². The number of imidazole rings is 1. The zero-order chi connectivity index (χ0) is 16.0. The average Bonchev–Trinajstić information content (AvgIpc) is 3.20. The van der Waals surface area contributed by atoms with Crippen LogP contribution in [0.1, 0.15) is 25.0 Å². The molecule has 4 rings (SSSR count). The Morgan fingerprint density at radius 2 is 2.39 bits per heavy atom. The number of hydrogen-bond donors (Lipinski definition) is 2. The maximum Gasteiger partial charge on any atom is 0.173 e. The van der Waals surface area contributed by atoms with Crippen molar-refractivity contribution in [3.05, 3.63) is 72.0 Å². The van der Waals surface area contributed by atoms with Crippen LogP contribution in [0.5, 0.6) is 0 Å². The van der Waals surface area contributed by atoms with Crippen LogP contribution < -0.4 is 11.2 Å². The highest BCUT2D eigenvalue weighted by atomic mass is 19.1. The summed E-state index contributed by atoms with van der Waals surface area (Å²) in [5.74, 6) is 0.213. The number of aromatic nitrogens is 2. The number of rotatable bonds is 3. The third-order valence-electron chi connectivity index (χ3n) is 4.24. The summed E-state index contributed by atoms with van der Waals surface area (Å²) in [6.07, 6.45) is 12.4. The summed E-state index contributed by atoms with van der Waals surface area (Å²) >= 11 is 0. The van der Waals surface area contributed by atoms with Gasteiger partial charge in [0.05, 0.1) is 5.69 Å². The zero-order valence-electron chi connectivity index (χ0n) is 12.8. The average molecular weight is 311 g/mol. The van der Waals surface area contributed by atoms with Crippen LogP contribution in [0.15, 0.2) is 60.5 Å². The molecule has 5 nitrogen and oxygen atoms in total. The first-order chi connectivity index (χ1) is 11.1. The van der Waals surface area contributed by atoms with Crippen LogP contribution in [0.3, 0.4) is 0 Å². The minimum absolute atomic E-state index is 0.254. The molecule has 23 heavy (non-hydrogen) atoms. The lowest BCUT2D eigenvalue weighted by atomic mass is 10.2. The van der Waals surface area contributed by atoms with Gasteiger partial charge in [-0.1, -0.05) is 0 Å². The molecular formula is C17H18FN5. The summed E-state index contributed by atoms with van der Waals surface area (Å²) in [6, 6.07) is 3.10. The third kappa shape index (κ3) is 2.56. The van der Waals surface area contributed by atoms with Crippen molar-refractivity contribution in [2.75, 3.05) is 0 Å². The highest BCUT2D eigenvalue weighted by Crippen LogP contribution is 2.50. The van der Waals surface area contributed by atoms with Gasteiger partial charge in [0.15, 0.2) is 11.5 Å². The van der Waals surface area contributed by atoms with Gasteiger partial charge in [0, 0.05) is 48.0 Å². The normalized spacial score (nSPS) is 23.8. The van der Waals surface area contributed by atoms with Gasteiger partial charge in [0.25, 0.3) is 0 Å². The van der Waals surface area contributed by atoms with Gasteiger partial charge in [-0.3, -0.25) is 10.4 Å². The molecule has 1 aliphatic carbocycles. The molecule has 0 radical (unpaired) electrons. The second-order valence-electron chi connectivity index (χ2n) is 6.04. The zero-order valence-corrected chi connectivity index (χ0v) is 12.8. The molecule has 0 aromatic carbocycles. The SMILES string of the molecule is CC1=CC=CN(/C=C(\N)C2CC2c2cn3cccc(F)c3n2)N1. The molecule has 3 heterocycles. The van der Waals surface area contributed by atoms with E-state index in [0.29, 0.717) is 5.65 Å². The molecule has 2 aromatic rings. The number of pyridine rings is 1. The molecule has 0 amide bonds. The van der Waals surface area contributed by atoms with Gasteiger partial charge in [-0.2, -0.15) is 0 Å². The van der Waals surface area contributed by atoms with Crippen molar-refractivity contribution >= 4 is 5.65 Å². The Hall–Kier alpha value is -2.76. The van der Waals surface area contributed by atoms with E-state index in [9.17, 15) is 4.39 Å². The summed E-state index contributed by atoms with van der Waals surface area (Å²) in [5, 5.41) is 1.85. The van der Waals surface area contributed by atoms with Gasteiger partial charge in [-0.15, -0.1) is 0 Å². The third-order valence-corrected chi connectivity index (χ3v) is 4.24. The first kappa shape index (κ1) is 13.9. The molecule has 118 valence electrons. The van der Waals surface area contributed by atoms with E-state index in [0.717, 1.165) is 23.5 Å². The highest BCUT2D eigenvalue weighted by molar-refractivity contribution is 5.43. The molecule has 2 unspecified atom stereocenters. The number of allylic oxidation sites excluding steroid dienone is 4. The fourth-order valence-corrected chi connectivity index (χ4v) is 2.96. The Labute approximate surface area is 133 Å². The van der Waals surface area contributed by atoms with Gasteiger partial charge in [0.2, 0.25) is 0 Å². The van der Waals surface area contributed by atoms with Crippen molar-refractivity contribution < 1.29 is 4.39 Å². The largest absolute Gasteiger partial charge is 0.401 e. The molecule has 6 heteroatoms. The molecule has 0 spiro atoms. The summed E-state index contributed by atoms with van der Waals surface area (Å²) in [4.78, 5) is 4.42. The minimum atomic E-state index is -0.301. The van der Waals surface area contributed by atoms with Crippen LogP contribution in [0.4, 0.5) is 4.39 Å². The Bertz CT molecular complexity index is 848. The van der Waals surface area contributed by atoms with Crippen molar-refractivity contribution in [3.63, 3.8) is 0 Å². The van der Waals surface area contributed by atoms with Crippen LogP contribution in [0.25, 0.3) is 5.65 Å². The standard InChI is InChI=1S/C17H18FN5/c1-11-4-2-7-23(21-11)9-15(19)12-8-13(12)16-10-22-6-3-5-14(18)17(22)20-16/h2-7,9-10,12-13,21H,8,19H2,1H3/b15-9-. The van der Waals surface area contributed by atoms with E-state index >= 15 is 0 Å². The molecule has 1 aliphatic heterocycles. The maximum atomic E-state index is 13.7. The Morgan fingerprint density at radius 1 is 1.52 bits per heavy atom. The fraction of sp³-hybridized carbons (Fsp3) is 0.235. The highest BCUT2D eigenvalue weighted by Gasteiger charge is 2.42. The Morgan fingerprint density at radius 3 is 3.17 bits per heavy atom. The summed E-state index contributed by atoms with van der Waals surface area (Å²) in [7, 11) is 0. The van der Waals surface area contributed by atoms with E-state index in [-0.39, 0.29) is 17.7 Å². The van der Waals surface area contributed by atoms with E-state index in [1.807, 2.05) is 48.9 Å². The Kier molecular flexibility index (Phi) is 3.11. The molecule has 2 atom stereocenters. The lowest BCUT2D eigenvalue weighted by Crippen LogP contribution is -2.30. The van der Waals surface area contributed by atoms with Crippen LogP contribution in [-0.4, -0.2) is 14.4 Å². The van der Waals surface area contributed by atoms with E-state index in [1.165, 1.54) is 6.07 Å². The smallest absolute Gasteiger partial charge is 0.173 e. The van der Waals surface area contributed by atoms with Crippen LogP contribution in [0.2, 0.25) is 0 Å². The lowest BCUT2D eigenvalue weighted by molar-refractivity contribution is 0.402. The molecule has 1 fully saturated rings. The van der Waals surface area contributed by atoms with Gasteiger partial charge >= 0.3 is 0 Å². The molecule has 0 saturated heterocycles. The fourth-order valence-electron chi connectivity index (χ4n) is 2.96. The summed E-state index contributed by atoms with van der Waals surface area (Å²) in [5.41, 5.74) is 12.6. The number of nitrogens with two attached hydrogens (primary N) is 1.